The van der Waals surface area contributed by atoms with Crippen LogP contribution < -0.4 is 15.1 Å². The molecule has 0 spiro atoms. The van der Waals surface area contributed by atoms with E-state index in [1.54, 1.807) is 30.1 Å². The van der Waals surface area contributed by atoms with Crippen LogP contribution in [0, 0.1) is 5.41 Å². The Kier molecular flexibility index (Phi) is 4.51. The van der Waals surface area contributed by atoms with E-state index >= 15 is 0 Å². The monoisotopic (exact) mass is 341 g/mol. The second-order valence-electron chi connectivity index (χ2n) is 5.65. The van der Waals surface area contributed by atoms with Crippen LogP contribution in [0.1, 0.15) is 17.3 Å². The maximum atomic E-state index is 12.3. The Balaban J connectivity index is 1.97. The average Bonchev–Trinajstić information content (AvgIpc) is 2.65. The van der Waals surface area contributed by atoms with E-state index in [1.165, 1.54) is 17.0 Å². The average molecular weight is 341 g/mol. The first-order chi connectivity index (χ1) is 12.0. The number of nitrogens with one attached hydrogen (secondary N) is 1. The quantitative estimate of drug-likeness (QED) is 0.839. The van der Waals surface area contributed by atoms with E-state index in [0.717, 1.165) is 5.69 Å². The smallest absolute Gasteiger partial charge is 0.255 e. The second kappa shape index (κ2) is 6.76. The summed E-state index contributed by atoms with van der Waals surface area (Å²) in [4.78, 5) is 31.1. The van der Waals surface area contributed by atoms with Gasteiger partial charge in [0.15, 0.2) is 11.6 Å². The fourth-order valence-corrected chi connectivity index (χ4v) is 2.59. The van der Waals surface area contributed by atoms with Gasteiger partial charge in [0.25, 0.3) is 5.91 Å². The number of nitrogens with zero attached hydrogens (tertiary/aromatic N) is 4. The van der Waals surface area contributed by atoms with Crippen LogP contribution in [0.4, 0.5) is 11.5 Å². The molecule has 0 fully saturated rings. The normalized spacial score (nSPS) is 13.0. The first-order valence-electron chi connectivity index (χ1n) is 7.93. The number of amides is 1. The van der Waals surface area contributed by atoms with Gasteiger partial charge in [0.2, 0.25) is 6.41 Å². The van der Waals surface area contributed by atoms with Gasteiger partial charge in [-0.15, -0.1) is 0 Å². The zero-order valence-electron chi connectivity index (χ0n) is 14.1. The van der Waals surface area contributed by atoms with Gasteiger partial charge in [0.05, 0.1) is 12.1 Å². The Morgan fingerprint density at radius 2 is 2.28 bits per heavy atom. The summed E-state index contributed by atoms with van der Waals surface area (Å²) in [5.74, 6) is 1.00. The zero-order valence-corrected chi connectivity index (χ0v) is 14.1. The number of fused-ring (bicyclic) bond motifs is 1. The SMILES string of the molecule is CCN(C)C(=O)c1cnc2c(c1)OCCN2c1ccn(C=O)c(=N)c1. The van der Waals surface area contributed by atoms with Crippen molar-refractivity contribution in [3.05, 3.63) is 41.6 Å². The van der Waals surface area contributed by atoms with Crippen molar-refractivity contribution >= 4 is 23.8 Å². The molecule has 1 N–H and O–H groups in total. The molecule has 3 rings (SSSR count). The molecular weight excluding hydrogens is 322 g/mol. The summed E-state index contributed by atoms with van der Waals surface area (Å²) < 4.78 is 6.85. The number of anilines is 2. The van der Waals surface area contributed by atoms with Crippen LogP contribution in [-0.2, 0) is 4.79 Å². The maximum Gasteiger partial charge on any atom is 0.255 e. The lowest BCUT2D eigenvalue weighted by Crippen LogP contribution is -2.32. The van der Waals surface area contributed by atoms with E-state index in [9.17, 15) is 9.59 Å². The second-order valence-corrected chi connectivity index (χ2v) is 5.65. The predicted molar refractivity (Wildman–Crippen MR) is 91.8 cm³/mol. The van der Waals surface area contributed by atoms with Gasteiger partial charge in [-0.2, -0.15) is 0 Å². The number of hydrogen-bond donors (Lipinski definition) is 1. The highest BCUT2D eigenvalue weighted by atomic mass is 16.5. The third kappa shape index (κ3) is 3.10. The van der Waals surface area contributed by atoms with Crippen LogP contribution in [0.15, 0.2) is 30.6 Å². The number of carbonyl (C=O) groups is 2. The summed E-state index contributed by atoms with van der Waals surface area (Å²) in [6.07, 6.45) is 3.65. The first-order valence-corrected chi connectivity index (χ1v) is 7.93. The van der Waals surface area contributed by atoms with Crippen molar-refractivity contribution in [1.82, 2.24) is 14.5 Å². The Bertz CT molecular complexity index is 877. The summed E-state index contributed by atoms with van der Waals surface area (Å²) in [7, 11) is 1.73. The molecule has 1 amide bonds. The van der Waals surface area contributed by atoms with Crippen LogP contribution >= 0.6 is 0 Å². The van der Waals surface area contributed by atoms with E-state index in [2.05, 4.69) is 4.98 Å². The summed E-state index contributed by atoms with van der Waals surface area (Å²) >= 11 is 0. The fraction of sp³-hybridized carbons (Fsp3) is 0.294. The van der Waals surface area contributed by atoms with E-state index in [1.807, 2.05) is 11.8 Å². The minimum absolute atomic E-state index is 0.0805. The highest BCUT2D eigenvalue weighted by Gasteiger charge is 2.23. The van der Waals surface area contributed by atoms with Crippen LogP contribution in [0.25, 0.3) is 0 Å². The molecule has 2 aromatic rings. The van der Waals surface area contributed by atoms with Gasteiger partial charge in [-0.3, -0.25) is 19.6 Å². The van der Waals surface area contributed by atoms with Crippen molar-refractivity contribution in [2.45, 2.75) is 6.92 Å². The van der Waals surface area contributed by atoms with Crippen LogP contribution in [0.3, 0.4) is 0 Å². The van der Waals surface area contributed by atoms with E-state index < -0.39 is 0 Å². The molecule has 0 radical (unpaired) electrons. The Hall–Kier alpha value is -3.16. The fourth-order valence-electron chi connectivity index (χ4n) is 2.59. The van der Waals surface area contributed by atoms with Crippen LogP contribution in [0.5, 0.6) is 5.75 Å². The number of pyridine rings is 2. The molecule has 1 aliphatic rings. The third-order valence-corrected chi connectivity index (χ3v) is 4.12. The number of carbonyl (C=O) groups excluding carboxylic acids is 2. The first kappa shape index (κ1) is 16.7. The Morgan fingerprint density at radius 1 is 1.48 bits per heavy atom. The van der Waals surface area contributed by atoms with Gasteiger partial charge in [0, 0.05) is 37.7 Å². The zero-order chi connectivity index (χ0) is 18.0. The third-order valence-electron chi connectivity index (χ3n) is 4.12. The molecular formula is C17H19N5O3. The van der Waals surface area contributed by atoms with Gasteiger partial charge in [0.1, 0.15) is 12.1 Å². The summed E-state index contributed by atoms with van der Waals surface area (Å²) in [6, 6.07) is 5.03. The van der Waals surface area contributed by atoms with E-state index in [4.69, 9.17) is 10.1 Å². The van der Waals surface area contributed by atoms with Crippen molar-refractivity contribution in [2.75, 3.05) is 31.6 Å². The highest BCUT2D eigenvalue weighted by Crippen LogP contribution is 2.34. The van der Waals surface area contributed by atoms with Crippen molar-refractivity contribution in [2.24, 2.45) is 0 Å². The van der Waals surface area contributed by atoms with Gasteiger partial charge < -0.3 is 14.5 Å². The summed E-state index contributed by atoms with van der Waals surface area (Å²) in [5.41, 5.74) is 1.29. The molecule has 0 saturated carbocycles. The van der Waals surface area contributed by atoms with Crippen molar-refractivity contribution in [1.29, 1.82) is 5.41 Å². The maximum absolute atomic E-state index is 12.3. The van der Waals surface area contributed by atoms with Crippen molar-refractivity contribution in [3.8, 4) is 5.75 Å². The Morgan fingerprint density at radius 3 is 2.96 bits per heavy atom. The van der Waals surface area contributed by atoms with Gasteiger partial charge in [-0.05, 0) is 19.1 Å². The highest BCUT2D eigenvalue weighted by molar-refractivity contribution is 5.94. The number of rotatable bonds is 4. The number of ether oxygens (including phenoxy) is 1. The molecule has 130 valence electrons. The minimum atomic E-state index is -0.112. The molecule has 3 heterocycles. The van der Waals surface area contributed by atoms with Gasteiger partial charge in [-0.1, -0.05) is 0 Å². The molecule has 0 bridgehead atoms. The molecule has 1 aliphatic heterocycles. The molecule has 0 saturated heterocycles. The van der Waals surface area contributed by atoms with Crippen LogP contribution in [0.2, 0.25) is 0 Å². The lowest BCUT2D eigenvalue weighted by molar-refractivity contribution is 0.0801. The minimum Gasteiger partial charge on any atom is -0.488 e. The number of hydrogen-bond acceptors (Lipinski definition) is 6. The lowest BCUT2D eigenvalue weighted by atomic mass is 10.2. The van der Waals surface area contributed by atoms with E-state index in [-0.39, 0.29) is 11.4 Å². The topological polar surface area (TPSA) is 91.5 Å². The summed E-state index contributed by atoms with van der Waals surface area (Å²) in [5, 5.41) is 7.88. The van der Waals surface area contributed by atoms with Crippen LogP contribution in [-0.4, -0.2) is 53.5 Å². The molecule has 8 heteroatoms. The molecule has 0 aromatic carbocycles. The van der Waals surface area contributed by atoms with Gasteiger partial charge >= 0.3 is 0 Å². The molecule has 25 heavy (non-hydrogen) atoms. The van der Waals surface area contributed by atoms with Crippen molar-refractivity contribution < 1.29 is 14.3 Å². The molecule has 2 aromatic heterocycles. The largest absolute Gasteiger partial charge is 0.488 e. The molecule has 0 atom stereocenters. The lowest BCUT2D eigenvalue weighted by Gasteiger charge is -2.30. The molecule has 8 nitrogen and oxygen atoms in total. The standard InChI is InChI=1S/C17H19N5O3/c1-3-20(2)17(24)12-8-14-16(19-10-12)22(6-7-25-14)13-4-5-21(11-23)15(18)9-13/h4-5,8-11,18H,3,6-7H2,1-2H3. The number of aromatic nitrogens is 2. The molecule has 0 aliphatic carbocycles. The van der Waals surface area contributed by atoms with Crippen molar-refractivity contribution in [3.63, 3.8) is 0 Å². The van der Waals surface area contributed by atoms with Gasteiger partial charge in [-0.25, -0.2) is 4.98 Å². The van der Waals surface area contributed by atoms with E-state index in [0.29, 0.717) is 43.2 Å². The Labute approximate surface area is 144 Å². The predicted octanol–water partition coefficient (Wildman–Crippen LogP) is 1.02. The summed E-state index contributed by atoms with van der Waals surface area (Å²) in [6.45, 7) is 3.51. The molecule has 0 unspecified atom stereocenters.